The van der Waals surface area contributed by atoms with E-state index < -0.39 is 8.32 Å². The van der Waals surface area contributed by atoms with Crippen molar-refractivity contribution in [1.29, 1.82) is 0 Å². The van der Waals surface area contributed by atoms with Gasteiger partial charge in [-0.05, 0) is 24.1 Å². The van der Waals surface area contributed by atoms with Crippen LogP contribution in [0.5, 0.6) is 0 Å². The van der Waals surface area contributed by atoms with Crippen molar-refractivity contribution in [2.45, 2.75) is 52.2 Å². The summed E-state index contributed by atoms with van der Waals surface area (Å²) >= 11 is 0. The van der Waals surface area contributed by atoms with Crippen LogP contribution in [0.1, 0.15) is 34.1 Å². The second kappa shape index (κ2) is 5.48. The summed E-state index contributed by atoms with van der Waals surface area (Å²) in [4.78, 5) is 10.6. The molecule has 0 atom stereocenters. The van der Waals surface area contributed by atoms with Crippen molar-refractivity contribution >= 4 is 14.1 Å². The fraction of sp³-hybridized carbons (Fsp3) is 0.750. The van der Waals surface area contributed by atoms with Gasteiger partial charge in [0.25, 0.3) is 0 Å². The van der Waals surface area contributed by atoms with E-state index in [1.807, 2.05) is 0 Å². The fourth-order valence-corrected chi connectivity index (χ4v) is 1.81. The van der Waals surface area contributed by atoms with E-state index in [0.717, 1.165) is 0 Å². The molecule has 0 heterocycles. The van der Waals surface area contributed by atoms with Crippen molar-refractivity contribution in [3.63, 3.8) is 0 Å². The molecular weight excluding hydrogens is 204 g/mol. The molecule has 0 aromatic carbocycles. The Bertz CT molecular complexity index is 276. The molecule has 86 valence electrons. The molecule has 0 aliphatic heterocycles. The van der Waals surface area contributed by atoms with Gasteiger partial charge < -0.3 is 4.43 Å². The van der Waals surface area contributed by atoms with Gasteiger partial charge in [-0.25, -0.2) is 0 Å². The molecule has 0 bridgehead atoms. The molecule has 0 spiro atoms. The van der Waals surface area contributed by atoms with Crippen molar-refractivity contribution in [1.82, 2.24) is 0 Å². The minimum Gasteiger partial charge on any atom is -0.416 e. The van der Waals surface area contributed by atoms with Gasteiger partial charge >= 0.3 is 0 Å². The number of carbonyl (C=O) groups excluding carboxylic acids is 1. The van der Waals surface area contributed by atoms with Crippen LogP contribution in [0.4, 0.5) is 0 Å². The summed E-state index contributed by atoms with van der Waals surface area (Å²) in [5, 5.41) is 0.237. The molecule has 0 aliphatic rings. The third-order valence-electron chi connectivity index (χ3n) is 2.76. The maximum atomic E-state index is 10.6. The number of Topliss-reactive ketones (excluding diaryl/α,β-unsaturated/α-hetero) is 1. The molecule has 0 unspecified atom stereocenters. The van der Waals surface area contributed by atoms with E-state index in [0.29, 0.717) is 13.0 Å². The largest absolute Gasteiger partial charge is 0.416 e. The summed E-state index contributed by atoms with van der Waals surface area (Å²) in [5.74, 6) is 5.24. The van der Waals surface area contributed by atoms with Gasteiger partial charge in [-0.2, -0.15) is 0 Å². The van der Waals surface area contributed by atoms with Crippen LogP contribution in [-0.2, 0) is 9.22 Å². The summed E-state index contributed by atoms with van der Waals surface area (Å²) in [7, 11) is -1.63. The average Bonchev–Trinajstić information content (AvgIpc) is 2.00. The zero-order valence-corrected chi connectivity index (χ0v) is 11.7. The quantitative estimate of drug-likeness (QED) is 0.320. The number of ketones is 1. The molecule has 0 rings (SSSR count). The Labute approximate surface area is 94.5 Å². The van der Waals surface area contributed by atoms with Crippen molar-refractivity contribution in [2.24, 2.45) is 0 Å². The highest BCUT2D eigenvalue weighted by Crippen LogP contribution is 2.36. The molecular formula is C12H22O2Si. The SMILES string of the molecule is CC(=O)C#CCCO[Si](C)(C)C(C)(C)C. The van der Waals surface area contributed by atoms with E-state index in [9.17, 15) is 4.79 Å². The lowest BCUT2D eigenvalue weighted by molar-refractivity contribution is -0.111. The van der Waals surface area contributed by atoms with Gasteiger partial charge in [0.1, 0.15) is 0 Å². The number of rotatable bonds is 3. The smallest absolute Gasteiger partial charge is 0.202 e. The van der Waals surface area contributed by atoms with E-state index in [1.54, 1.807) is 0 Å². The van der Waals surface area contributed by atoms with Gasteiger partial charge in [0.05, 0.1) is 0 Å². The highest BCUT2D eigenvalue weighted by Gasteiger charge is 2.36. The summed E-state index contributed by atoms with van der Waals surface area (Å²) in [6, 6.07) is 0. The molecule has 3 heteroatoms. The number of carbonyl (C=O) groups is 1. The molecule has 2 nitrogen and oxygen atoms in total. The molecule has 0 radical (unpaired) electrons. The first-order valence-corrected chi connectivity index (χ1v) is 8.21. The number of hydrogen-bond donors (Lipinski definition) is 0. The van der Waals surface area contributed by atoms with Crippen LogP contribution >= 0.6 is 0 Å². The molecule has 0 saturated carbocycles. The lowest BCUT2D eigenvalue weighted by Crippen LogP contribution is -2.40. The van der Waals surface area contributed by atoms with Crippen molar-refractivity contribution in [2.75, 3.05) is 6.61 Å². The first kappa shape index (κ1) is 14.4. The first-order chi connectivity index (χ1) is 6.67. The lowest BCUT2D eigenvalue weighted by atomic mass is 10.2. The van der Waals surface area contributed by atoms with Gasteiger partial charge in [-0.3, -0.25) is 4.79 Å². The van der Waals surface area contributed by atoms with Crippen molar-refractivity contribution in [3.05, 3.63) is 0 Å². The third-order valence-corrected chi connectivity index (χ3v) is 7.30. The van der Waals surface area contributed by atoms with Gasteiger partial charge in [0, 0.05) is 20.0 Å². The summed E-state index contributed by atoms with van der Waals surface area (Å²) in [6.45, 7) is 13.2. The predicted molar refractivity (Wildman–Crippen MR) is 66.2 cm³/mol. The van der Waals surface area contributed by atoms with Gasteiger partial charge in [0.15, 0.2) is 8.32 Å². The standard InChI is InChI=1S/C12H22O2Si/c1-11(13)9-7-8-10-14-15(5,6)12(2,3)4/h8,10H2,1-6H3. The molecule has 0 saturated heterocycles. The van der Waals surface area contributed by atoms with Crippen LogP contribution in [0, 0.1) is 11.8 Å². The molecule has 0 fully saturated rings. The van der Waals surface area contributed by atoms with Gasteiger partial charge in [-0.1, -0.05) is 26.7 Å². The van der Waals surface area contributed by atoms with Crippen LogP contribution in [-0.4, -0.2) is 20.7 Å². The Hall–Kier alpha value is -0.593. The van der Waals surface area contributed by atoms with Crippen LogP contribution in [0.2, 0.25) is 18.1 Å². The molecule has 15 heavy (non-hydrogen) atoms. The van der Waals surface area contributed by atoms with E-state index in [2.05, 4.69) is 45.7 Å². The van der Waals surface area contributed by atoms with E-state index in [-0.39, 0.29) is 10.8 Å². The Balaban J connectivity index is 3.98. The van der Waals surface area contributed by atoms with Crippen LogP contribution < -0.4 is 0 Å². The van der Waals surface area contributed by atoms with Gasteiger partial charge in [-0.15, -0.1) is 0 Å². The Morgan fingerprint density at radius 2 is 1.87 bits per heavy atom. The van der Waals surface area contributed by atoms with Gasteiger partial charge in [0.2, 0.25) is 5.78 Å². The predicted octanol–water partition coefficient (Wildman–Crippen LogP) is 2.99. The van der Waals surface area contributed by atoms with Crippen LogP contribution in [0.15, 0.2) is 0 Å². The summed E-state index contributed by atoms with van der Waals surface area (Å²) in [6.07, 6.45) is 0.645. The van der Waals surface area contributed by atoms with Crippen molar-refractivity contribution in [3.8, 4) is 11.8 Å². The highest BCUT2D eigenvalue weighted by molar-refractivity contribution is 6.74. The monoisotopic (exact) mass is 226 g/mol. The second-order valence-electron chi connectivity index (χ2n) is 5.22. The maximum Gasteiger partial charge on any atom is 0.202 e. The normalized spacial score (nSPS) is 11.9. The van der Waals surface area contributed by atoms with Crippen LogP contribution in [0.3, 0.4) is 0 Å². The topological polar surface area (TPSA) is 26.3 Å². The Kier molecular flexibility index (Phi) is 5.26. The van der Waals surface area contributed by atoms with E-state index in [1.165, 1.54) is 6.92 Å². The fourth-order valence-electron chi connectivity index (χ4n) is 0.761. The molecule has 0 aromatic rings. The molecule has 0 N–H and O–H groups in total. The minimum absolute atomic E-state index is 0.0812. The number of hydrogen-bond acceptors (Lipinski definition) is 2. The Morgan fingerprint density at radius 1 is 1.33 bits per heavy atom. The first-order valence-electron chi connectivity index (χ1n) is 5.30. The maximum absolute atomic E-state index is 10.6. The van der Waals surface area contributed by atoms with E-state index in [4.69, 9.17) is 4.43 Å². The second-order valence-corrected chi connectivity index (χ2v) is 10.0. The third kappa shape index (κ3) is 5.76. The Morgan fingerprint density at radius 3 is 2.27 bits per heavy atom. The van der Waals surface area contributed by atoms with E-state index >= 15 is 0 Å². The zero-order chi connectivity index (χ0) is 12.1. The zero-order valence-electron chi connectivity index (χ0n) is 10.7. The van der Waals surface area contributed by atoms with Crippen LogP contribution in [0.25, 0.3) is 0 Å². The highest BCUT2D eigenvalue weighted by atomic mass is 28.4. The average molecular weight is 226 g/mol. The molecule has 0 amide bonds. The lowest BCUT2D eigenvalue weighted by Gasteiger charge is -2.35. The molecule has 0 aromatic heterocycles. The summed E-state index contributed by atoms with van der Waals surface area (Å²) in [5.41, 5.74) is 0. The minimum atomic E-state index is -1.63. The summed E-state index contributed by atoms with van der Waals surface area (Å²) < 4.78 is 5.90. The van der Waals surface area contributed by atoms with Crippen molar-refractivity contribution < 1.29 is 9.22 Å². The molecule has 0 aliphatic carbocycles.